The zero-order valence-corrected chi connectivity index (χ0v) is 15.0. The van der Waals surface area contributed by atoms with E-state index in [1.165, 1.54) is 38.5 Å². The van der Waals surface area contributed by atoms with Gasteiger partial charge in [-0.25, -0.2) is 0 Å². The van der Waals surface area contributed by atoms with Gasteiger partial charge in [0.05, 0.1) is 12.7 Å². The van der Waals surface area contributed by atoms with Gasteiger partial charge in [0.25, 0.3) is 0 Å². The van der Waals surface area contributed by atoms with E-state index in [2.05, 4.69) is 25.8 Å². The highest BCUT2D eigenvalue weighted by atomic mass is 16.5. The summed E-state index contributed by atoms with van der Waals surface area (Å²) >= 11 is 0. The van der Waals surface area contributed by atoms with Gasteiger partial charge in [0.2, 0.25) is 5.89 Å². The van der Waals surface area contributed by atoms with E-state index in [0.29, 0.717) is 17.8 Å². The van der Waals surface area contributed by atoms with Crippen molar-refractivity contribution < 1.29 is 9.26 Å². The molecular formula is C17H31N5O2. The molecule has 0 aliphatic heterocycles. The molecule has 1 heterocycles. The Bertz CT molecular complexity index is 481. The smallest absolute Gasteiger partial charge is 0.226 e. The maximum absolute atomic E-state index is 5.97. The summed E-state index contributed by atoms with van der Waals surface area (Å²) in [4.78, 5) is 8.41. The van der Waals surface area contributed by atoms with E-state index in [1.807, 2.05) is 6.92 Å². The Morgan fingerprint density at radius 2 is 1.96 bits per heavy atom. The molecule has 1 aromatic rings. The van der Waals surface area contributed by atoms with Crippen molar-refractivity contribution in [3.8, 4) is 0 Å². The number of ether oxygens (including phenoxy) is 1. The van der Waals surface area contributed by atoms with Crippen molar-refractivity contribution >= 4 is 5.96 Å². The number of aromatic nitrogens is 2. The van der Waals surface area contributed by atoms with Gasteiger partial charge in [0, 0.05) is 26.6 Å². The summed E-state index contributed by atoms with van der Waals surface area (Å²) in [7, 11) is 1.78. The van der Waals surface area contributed by atoms with Crippen LogP contribution in [0.25, 0.3) is 0 Å². The average Bonchev–Trinajstić information content (AvgIpc) is 2.84. The lowest BCUT2D eigenvalue weighted by Crippen LogP contribution is -2.39. The van der Waals surface area contributed by atoms with Crippen molar-refractivity contribution in [1.82, 2.24) is 20.8 Å². The fraction of sp³-hybridized carbons (Fsp3) is 0.824. The third kappa shape index (κ3) is 7.29. The molecule has 0 bridgehead atoms. The number of aryl methyl sites for hydroxylation is 2. The highest BCUT2D eigenvalue weighted by Gasteiger charge is 2.12. The monoisotopic (exact) mass is 337 g/mol. The molecule has 1 saturated carbocycles. The second-order valence-electron chi connectivity index (χ2n) is 6.25. The van der Waals surface area contributed by atoms with E-state index in [1.54, 1.807) is 7.05 Å². The zero-order valence-electron chi connectivity index (χ0n) is 15.0. The van der Waals surface area contributed by atoms with Gasteiger partial charge >= 0.3 is 0 Å². The van der Waals surface area contributed by atoms with Crippen molar-refractivity contribution in [1.29, 1.82) is 0 Å². The second kappa shape index (κ2) is 11.0. The van der Waals surface area contributed by atoms with E-state index >= 15 is 0 Å². The molecule has 1 aliphatic carbocycles. The number of rotatable bonds is 8. The number of hydrogen-bond acceptors (Lipinski definition) is 5. The first kappa shape index (κ1) is 18.7. The van der Waals surface area contributed by atoms with E-state index < -0.39 is 0 Å². The third-order valence-electron chi connectivity index (χ3n) is 4.20. The predicted molar refractivity (Wildman–Crippen MR) is 94.2 cm³/mol. The summed E-state index contributed by atoms with van der Waals surface area (Å²) in [6.45, 7) is 4.14. The van der Waals surface area contributed by atoms with Crippen LogP contribution in [0.4, 0.5) is 0 Å². The minimum Gasteiger partial charge on any atom is -0.376 e. The molecule has 0 spiro atoms. The Hall–Kier alpha value is -1.63. The first-order chi connectivity index (χ1) is 11.8. The average molecular weight is 337 g/mol. The molecule has 1 aromatic heterocycles. The summed E-state index contributed by atoms with van der Waals surface area (Å²) < 4.78 is 11.1. The second-order valence-corrected chi connectivity index (χ2v) is 6.25. The van der Waals surface area contributed by atoms with Crippen molar-refractivity contribution in [3.05, 3.63) is 11.7 Å². The van der Waals surface area contributed by atoms with Gasteiger partial charge in [-0.05, 0) is 26.2 Å². The quantitative estimate of drug-likeness (QED) is 0.327. The topological polar surface area (TPSA) is 84.6 Å². The number of aliphatic imine (C=N–C) groups is 1. The van der Waals surface area contributed by atoms with Gasteiger partial charge in [0.1, 0.15) is 0 Å². The summed E-state index contributed by atoms with van der Waals surface area (Å²) in [5.41, 5.74) is 0. The van der Waals surface area contributed by atoms with E-state index in [4.69, 9.17) is 9.26 Å². The van der Waals surface area contributed by atoms with Gasteiger partial charge in [-0.2, -0.15) is 4.98 Å². The van der Waals surface area contributed by atoms with E-state index in [9.17, 15) is 0 Å². The van der Waals surface area contributed by atoms with E-state index in [0.717, 1.165) is 38.5 Å². The normalized spacial score (nSPS) is 16.8. The Kier molecular flexibility index (Phi) is 8.59. The number of hydrogen-bond donors (Lipinski definition) is 2. The van der Waals surface area contributed by atoms with E-state index in [-0.39, 0.29) is 0 Å². The number of guanidine groups is 1. The van der Waals surface area contributed by atoms with Crippen molar-refractivity contribution in [3.63, 3.8) is 0 Å². The highest BCUT2D eigenvalue weighted by Crippen LogP contribution is 2.19. The van der Waals surface area contributed by atoms with Crippen molar-refractivity contribution in [2.75, 3.05) is 26.7 Å². The van der Waals surface area contributed by atoms with Crippen LogP contribution in [0.2, 0.25) is 0 Å². The molecule has 136 valence electrons. The molecule has 7 heteroatoms. The molecule has 1 aliphatic rings. The third-order valence-corrected chi connectivity index (χ3v) is 4.20. The molecular weight excluding hydrogens is 306 g/mol. The van der Waals surface area contributed by atoms with Crippen molar-refractivity contribution in [2.24, 2.45) is 4.99 Å². The van der Waals surface area contributed by atoms with Gasteiger partial charge in [-0.15, -0.1) is 0 Å². The summed E-state index contributed by atoms with van der Waals surface area (Å²) in [6, 6.07) is 0. The molecule has 0 atom stereocenters. The van der Waals surface area contributed by atoms with Crippen LogP contribution in [-0.4, -0.2) is 48.9 Å². The standard InChI is InChI=1S/C17H31N5O2/c1-14-21-16(24-22-14)10-7-11-19-17(18-2)20-12-13-23-15-8-5-3-4-6-9-15/h15H,3-13H2,1-2H3,(H2,18,19,20). The van der Waals surface area contributed by atoms with Crippen LogP contribution in [0, 0.1) is 6.92 Å². The fourth-order valence-corrected chi connectivity index (χ4v) is 2.91. The van der Waals surface area contributed by atoms with Crippen LogP contribution in [-0.2, 0) is 11.2 Å². The summed E-state index contributed by atoms with van der Waals surface area (Å²) in [5, 5.41) is 10.4. The lowest BCUT2D eigenvalue weighted by molar-refractivity contribution is 0.0468. The zero-order chi connectivity index (χ0) is 17.0. The Balaban J connectivity index is 1.52. The van der Waals surface area contributed by atoms with Crippen LogP contribution in [0.15, 0.2) is 9.52 Å². The SMILES string of the molecule is CN=C(NCCCc1nc(C)no1)NCCOC1CCCCCC1. The molecule has 0 radical (unpaired) electrons. The van der Waals surface area contributed by atoms with Crippen LogP contribution < -0.4 is 10.6 Å². The van der Waals surface area contributed by atoms with Crippen LogP contribution in [0.1, 0.15) is 56.7 Å². The largest absolute Gasteiger partial charge is 0.376 e. The Morgan fingerprint density at radius 3 is 2.62 bits per heavy atom. The molecule has 0 amide bonds. The van der Waals surface area contributed by atoms with Crippen molar-refractivity contribution in [2.45, 2.75) is 64.4 Å². The van der Waals surface area contributed by atoms with Crippen LogP contribution in [0.5, 0.6) is 0 Å². The summed E-state index contributed by atoms with van der Waals surface area (Å²) in [5.74, 6) is 2.18. The molecule has 0 unspecified atom stereocenters. The minimum absolute atomic E-state index is 0.446. The van der Waals surface area contributed by atoms with Crippen LogP contribution >= 0.6 is 0 Å². The fourth-order valence-electron chi connectivity index (χ4n) is 2.91. The molecule has 0 saturated heterocycles. The molecule has 2 N–H and O–H groups in total. The molecule has 7 nitrogen and oxygen atoms in total. The maximum atomic E-state index is 5.97. The minimum atomic E-state index is 0.446. The number of nitrogens with zero attached hydrogens (tertiary/aromatic N) is 3. The first-order valence-electron chi connectivity index (χ1n) is 9.13. The Labute approximate surface area is 144 Å². The highest BCUT2D eigenvalue weighted by molar-refractivity contribution is 5.79. The van der Waals surface area contributed by atoms with Gasteiger partial charge in [-0.3, -0.25) is 4.99 Å². The molecule has 0 aromatic carbocycles. The maximum Gasteiger partial charge on any atom is 0.226 e. The molecule has 1 fully saturated rings. The van der Waals surface area contributed by atoms with Gasteiger partial charge in [-0.1, -0.05) is 30.8 Å². The first-order valence-corrected chi connectivity index (χ1v) is 9.13. The Morgan fingerprint density at radius 1 is 1.21 bits per heavy atom. The lowest BCUT2D eigenvalue weighted by atomic mass is 10.1. The molecule has 24 heavy (non-hydrogen) atoms. The lowest BCUT2D eigenvalue weighted by Gasteiger charge is -2.16. The van der Waals surface area contributed by atoms with Gasteiger partial charge < -0.3 is 19.9 Å². The van der Waals surface area contributed by atoms with Gasteiger partial charge in [0.15, 0.2) is 11.8 Å². The molecule has 2 rings (SSSR count). The predicted octanol–water partition coefficient (Wildman–Crippen LogP) is 2.22. The number of nitrogens with one attached hydrogen (secondary N) is 2. The summed E-state index contributed by atoms with van der Waals surface area (Å²) in [6.07, 6.45) is 9.89. The van der Waals surface area contributed by atoms with Crippen LogP contribution in [0.3, 0.4) is 0 Å².